The van der Waals surface area contributed by atoms with Gasteiger partial charge < -0.3 is 0 Å². The van der Waals surface area contributed by atoms with E-state index in [1.165, 1.54) is 65.7 Å². The van der Waals surface area contributed by atoms with Crippen LogP contribution in [0.1, 0.15) is 0 Å². The van der Waals surface area contributed by atoms with Crippen LogP contribution in [0.2, 0.25) is 10.0 Å². The van der Waals surface area contributed by atoms with E-state index in [1.807, 2.05) is 24.3 Å². The van der Waals surface area contributed by atoms with Crippen molar-refractivity contribution in [2.24, 2.45) is 0 Å². The summed E-state index contributed by atoms with van der Waals surface area (Å²) in [6.45, 7) is 0. The average molecular weight is 602 g/mol. The van der Waals surface area contributed by atoms with Crippen LogP contribution in [0.4, 0.5) is 0 Å². The van der Waals surface area contributed by atoms with Gasteiger partial charge in [0, 0.05) is 10.0 Å². The highest BCUT2D eigenvalue weighted by molar-refractivity contribution is 6.34. The minimum Gasteiger partial charge on any atom is -0.0843 e. The van der Waals surface area contributed by atoms with Gasteiger partial charge in [-0.1, -0.05) is 157 Å². The maximum absolute atomic E-state index is 6.45. The van der Waals surface area contributed by atoms with Crippen LogP contribution in [-0.4, -0.2) is 0 Å². The predicted octanol–water partition coefficient (Wildman–Crippen LogP) is 13.1. The van der Waals surface area contributed by atoms with Gasteiger partial charge in [0.25, 0.3) is 0 Å². The Hall–Kier alpha value is -4.88. The minimum atomic E-state index is 0.721. The highest BCUT2D eigenvalue weighted by Crippen LogP contribution is 2.53. The van der Waals surface area contributed by atoms with Gasteiger partial charge in [-0.15, -0.1) is 0 Å². The van der Waals surface area contributed by atoms with E-state index in [1.54, 1.807) is 0 Å². The predicted molar refractivity (Wildman–Crippen MR) is 191 cm³/mol. The number of halogens is 2. The molecule has 208 valence electrons. The fourth-order valence-electron chi connectivity index (χ4n) is 6.77. The van der Waals surface area contributed by atoms with E-state index in [0.717, 1.165) is 21.2 Å². The van der Waals surface area contributed by atoms with Crippen LogP contribution in [0.25, 0.3) is 76.8 Å². The standard InChI is InChI=1S/C42H26Cl2/c43-31-23-19-29(20-24-31)39-36-18-10-8-16-34(36)38(28-13-5-2-6-14-28)42-40(30-21-25-32(44)26-22-30)35-17-9-7-15-33(35)37(41(39)42)27-11-3-1-4-12-27/h1-26H. The summed E-state index contributed by atoms with van der Waals surface area (Å²) in [5.74, 6) is 0. The summed E-state index contributed by atoms with van der Waals surface area (Å²) in [6, 6.07) is 55.8. The van der Waals surface area contributed by atoms with E-state index in [9.17, 15) is 0 Å². The molecule has 44 heavy (non-hydrogen) atoms. The van der Waals surface area contributed by atoms with Crippen molar-refractivity contribution >= 4 is 55.5 Å². The highest BCUT2D eigenvalue weighted by atomic mass is 35.5. The fraction of sp³-hybridized carbons (Fsp3) is 0. The first kappa shape index (κ1) is 26.7. The van der Waals surface area contributed by atoms with Gasteiger partial charge >= 0.3 is 0 Å². The first-order valence-corrected chi connectivity index (χ1v) is 15.5. The second-order valence-electron chi connectivity index (χ2n) is 11.1. The summed E-state index contributed by atoms with van der Waals surface area (Å²) >= 11 is 12.9. The second kappa shape index (κ2) is 11.0. The molecule has 0 bridgehead atoms. The molecule has 0 nitrogen and oxygen atoms in total. The number of rotatable bonds is 4. The molecule has 0 spiro atoms. The van der Waals surface area contributed by atoms with Gasteiger partial charge in [-0.3, -0.25) is 0 Å². The van der Waals surface area contributed by atoms with Crippen molar-refractivity contribution in [3.63, 3.8) is 0 Å². The molecule has 0 aliphatic rings. The Kier molecular flexibility index (Phi) is 6.68. The zero-order valence-electron chi connectivity index (χ0n) is 23.8. The molecule has 0 aromatic heterocycles. The molecule has 2 heteroatoms. The Labute approximate surface area is 266 Å². The maximum atomic E-state index is 6.45. The molecule has 0 radical (unpaired) electrons. The fourth-order valence-corrected chi connectivity index (χ4v) is 7.02. The third-order valence-corrected chi connectivity index (χ3v) is 9.08. The monoisotopic (exact) mass is 600 g/mol. The van der Waals surface area contributed by atoms with Gasteiger partial charge in [0.05, 0.1) is 0 Å². The number of hydrogen-bond acceptors (Lipinski definition) is 0. The van der Waals surface area contributed by atoms with E-state index in [-0.39, 0.29) is 0 Å². The molecular formula is C42H26Cl2. The third-order valence-electron chi connectivity index (χ3n) is 8.57. The van der Waals surface area contributed by atoms with E-state index in [2.05, 4.69) is 133 Å². The normalized spacial score (nSPS) is 11.4. The van der Waals surface area contributed by atoms with E-state index in [0.29, 0.717) is 0 Å². The van der Waals surface area contributed by atoms with Crippen LogP contribution >= 0.6 is 23.2 Å². The van der Waals surface area contributed by atoms with Crippen LogP contribution in [0.15, 0.2) is 158 Å². The van der Waals surface area contributed by atoms with E-state index < -0.39 is 0 Å². The largest absolute Gasteiger partial charge is 0.0843 e. The minimum absolute atomic E-state index is 0.721. The quantitative estimate of drug-likeness (QED) is 0.176. The Bertz CT molecular complexity index is 2140. The topological polar surface area (TPSA) is 0 Å². The van der Waals surface area contributed by atoms with Gasteiger partial charge in [0.1, 0.15) is 0 Å². The van der Waals surface area contributed by atoms with E-state index >= 15 is 0 Å². The summed E-state index contributed by atoms with van der Waals surface area (Å²) in [5.41, 5.74) is 9.47. The molecular weight excluding hydrogens is 575 g/mol. The Morgan fingerprint density at radius 1 is 0.250 bits per heavy atom. The average Bonchev–Trinajstić information content (AvgIpc) is 3.08. The number of fused-ring (bicyclic) bond motifs is 3. The Morgan fingerprint density at radius 3 is 0.795 bits per heavy atom. The van der Waals surface area contributed by atoms with Crippen molar-refractivity contribution in [1.29, 1.82) is 0 Å². The van der Waals surface area contributed by atoms with Gasteiger partial charge in [-0.2, -0.15) is 0 Å². The van der Waals surface area contributed by atoms with Crippen molar-refractivity contribution in [2.75, 3.05) is 0 Å². The summed E-state index contributed by atoms with van der Waals surface area (Å²) < 4.78 is 0. The van der Waals surface area contributed by atoms with Crippen LogP contribution in [0.5, 0.6) is 0 Å². The first-order valence-electron chi connectivity index (χ1n) is 14.7. The second-order valence-corrected chi connectivity index (χ2v) is 12.0. The molecule has 8 aromatic carbocycles. The third kappa shape index (κ3) is 4.38. The lowest BCUT2D eigenvalue weighted by molar-refractivity contribution is 1.63. The molecule has 0 saturated heterocycles. The molecule has 0 N–H and O–H groups in total. The van der Waals surface area contributed by atoms with Crippen LogP contribution in [-0.2, 0) is 0 Å². The first-order chi connectivity index (χ1) is 21.7. The Balaban J connectivity index is 1.75. The number of benzene rings is 8. The molecule has 0 saturated carbocycles. The molecule has 0 unspecified atom stereocenters. The van der Waals surface area contributed by atoms with Crippen molar-refractivity contribution in [3.05, 3.63) is 168 Å². The zero-order chi connectivity index (χ0) is 29.6. The van der Waals surface area contributed by atoms with Crippen molar-refractivity contribution < 1.29 is 0 Å². The summed E-state index contributed by atoms with van der Waals surface area (Å²) in [7, 11) is 0. The smallest absolute Gasteiger partial charge is 0.0406 e. The maximum Gasteiger partial charge on any atom is 0.0406 e. The molecule has 0 heterocycles. The highest BCUT2D eigenvalue weighted by Gasteiger charge is 2.25. The molecule has 8 rings (SSSR count). The molecule has 0 aliphatic carbocycles. The van der Waals surface area contributed by atoms with Crippen LogP contribution in [0.3, 0.4) is 0 Å². The molecule has 8 aromatic rings. The lowest BCUT2D eigenvalue weighted by atomic mass is 9.77. The van der Waals surface area contributed by atoms with Crippen molar-refractivity contribution in [2.45, 2.75) is 0 Å². The summed E-state index contributed by atoms with van der Waals surface area (Å²) in [6.07, 6.45) is 0. The summed E-state index contributed by atoms with van der Waals surface area (Å²) in [4.78, 5) is 0. The summed E-state index contributed by atoms with van der Waals surface area (Å²) in [5, 5.41) is 8.71. The zero-order valence-corrected chi connectivity index (χ0v) is 25.3. The lowest BCUT2D eigenvalue weighted by Gasteiger charge is -2.25. The van der Waals surface area contributed by atoms with Gasteiger partial charge in [0.15, 0.2) is 0 Å². The SMILES string of the molecule is Clc1ccc(-c2c3ccccc3c(-c3ccccc3)c3c(-c4ccc(Cl)cc4)c4ccccc4c(-c4ccccc4)c23)cc1. The van der Waals surface area contributed by atoms with Gasteiger partial charge in [0.2, 0.25) is 0 Å². The molecule has 0 atom stereocenters. The van der Waals surface area contributed by atoms with E-state index in [4.69, 9.17) is 23.2 Å². The van der Waals surface area contributed by atoms with Gasteiger partial charge in [-0.25, -0.2) is 0 Å². The Morgan fingerprint density at radius 2 is 0.500 bits per heavy atom. The van der Waals surface area contributed by atoms with Gasteiger partial charge in [-0.05, 0) is 101 Å². The number of hydrogen-bond donors (Lipinski definition) is 0. The van der Waals surface area contributed by atoms with Crippen LogP contribution in [0, 0.1) is 0 Å². The van der Waals surface area contributed by atoms with Crippen LogP contribution < -0.4 is 0 Å². The molecule has 0 amide bonds. The molecule has 0 aliphatic heterocycles. The molecule has 0 fully saturated rings. The van der Waals surface area contributed by atoms with Crippen molar-refractivity contribution in [1.82, 2.24) is 0 Å². The van der Waals surface area contributed by atoms with Crippen molar-refractivity contribution in [3.8, 4) is 44.5 Å². The lowest BCUT2D eigenvalue weighted by Crippen LogP contribution is -1.97.